The number of halogens is 3. The van der Waals surface area contributed by atoms with Crippen LogP contribution >= 0.6 is 11.6 Å². The molecule has 0 fully saturated rings. The van der Waals surface area contributed by atoms with E-state index in [1.165, 1.54) is 12.1 Å². The van der Waals surface area contributed by atoms with Gasteiger partial charge in [0.1, 0.15) is 0 Å². The zero-order valence-corrected chi connectivity index (χ0v) is 12.5. The Morgan fingerprint density at radius 1 is 1.04 bits per heavy atom. The van der Waals surface area contributed by atoms with E-state index in [4.69, 9.17) is 21.9 Å². The highest BCUT2D eigenvalue weighted by molar-refractivity contribution is 6.30. The molecule has 2 aromatic carbocycles. The van der Waals surface area contributed by atoms with E-state index in [0.717, 1.165) is 11.1 Å². The summed E-state index contributed by atoms with van der Waals surface area (Å²) in [5.41, 5.74) is 1.50. The van der Waals surface area contributed by atoms with E-state index in [0.29, 0.717) is 5.02 Å². The summed E-state index contributed by atoms with van der Waals surface area (Å²) in [6.07, 6.45) is -1.20. The molecule has 0 saturated heterocycles. The van der Waals surface area contributed by atoms with Crippen LogP contribution in [0.3, 0.4) is 0 Å². The van der Waals surface area contributed by atoms with Gasteiger partial charge in [0.15, 0.2) is 0 Å². The predicted octanol–water partition coefficient (Wildman–Crippen LogP) is 4.30. The molecule has 23 heavy (non-hydrogen) atoms. The van der Waals surface area contributed by atoms with Gasteiger partial charge in [-0.15, -0.1) is 0 Å². The zero-order valence-electron chi connectivity index (χ0n) is 11.7. The number of benzene rings is 2. The summed E-state index contributed by atoms with van der Waals surface area (Å²) >= 11 is 5.81. The lowest BCUT2D eigenvalue weighted by atomic mass is 9.99. The lowest BCUT2D eigenvalue weighted by molar-refractivity contribution is -0.163. The fourth-order valence-corrected chi connectivity index (χ4v) is 2.10. The highest BCUT2D eigenvalue weighted by Gasteiger charge is 2.40. The summed E-state index contributed by atoms with van der Waals surface area (Å²) < 4.78 is 26.5. The number of carboxylic acids is 1. The Morgan fingerprint density at radius 2 is 1.52 bits per heavy atom. The molecule has 4 nitrogen and oxygen atoms in total. The van der Waals surface area contributed by atoms with Crippen LogP contribution in [0.15, 0.2) is 53.7 Å². The molecular weight excluding hydrogens is 328 g/mol. The molecule has 2 N–H and O–H groups in total. The average Bonchev–Trinajstić information content (AvgIpc) is 2.53. The monoisotopic (exact) mass is 339 g/mol. The Labute approximate surface area is 135 Å². The minimum absolute atomic E-state index is 0.214. The maximum absolute atomic E-state index is 13.2. The molecule has 0 radical (unpaired) electrons. The molecule has 0 unspecified atom stereocenters. The zero-order chi connectivity index (χ0) is 17.0. The van der Waals surface area contributed by atoms with E-state index in [1.807, 2.05) is 0 Å². The first-order valence-electron chi connectivity index (χ1n) is 6.52. The van der Waals surface area contributed by atoms with Crippen molar-refractivity contribution in [1.29, 1.82) is 0 Å². The van der Waals surface area contributed by atoms with Gasteiger partial charge in [-0.05, 0) is 28.8 Å². The van der Waals surface area contributed by atoms with Crippen molar-refractivity contribution in [3.63, 3.8) is 0 Å². The molecule has 0 aliphatic heterocycles. The molecule has 7 heteroatoms. The van der Waals surface area contributed by atoms with Crippen molar-refractivity contribution in [2.75, 3.05) is 0 Å². The topological polar surface area (TPSA) is 69.9 Å². The summed E-state index contributed by atoms with van der Waals surface area (Å²) in [5.74, 6) is -6.27. The maximum Gasteiger partial charge on any atom is 0.374 e. The lowest BCUT2D eigenvalue weighted by Gasteiger charge is -2.12. The third-order valence-electron chi connectivity index (χ3n) is 3.22. The third-order valence-corrected chi connectivity index (χ3v) is 3.47. The Kier molecular flexibility index (Phi) is 4.95. The van der Waals surface area contributed by atoms with E-state index in [-0.39, 0.29) is 5.56 Å². The van der Waals surface area contributed by atoms with E-state index in [9.17, 15) is 13.6 Å². The summed E-state index contributed by atoms with van der Waals surface area (Å²) in [4.78, 5) is 10.5. The van der Waals surface area contributed by atoms with E-state index in [2.05, 4.69) is 5.16 Å². The number of hydrogen-bond donors (Lipinski definition) is 2. The van der Waals surface area contributed by atoms with Gasteiger partial charge in [-0.2, -0.15) is 8.78 Å². The molecule has 0 saturated carbocycles. The van der Waals surface area contributed by atoms with Gasteiger partial charge in [0, 0.05) is 5.02 Å². The highest BCUT2D eigenvalue weighted by Crippen LogP contribution is 2.25. The molecule has 0 spiro atoms. The van der Waals surface area contributed by atoms with Crippen LogP contribution in [0.5, 0.6) is 0 Å². The smallest absolute Gasteiger partial charge is 0.374 e. The number of hydrogen-bond acceptors (Lipinski definition) is 3. The van der Waals surface area contributed by atoms with Gasteiger partial charge in [0.05, 0.1) is 12.1 Å². The predicted molar refractivity (Wildman–Crippen MR) is 82.4 cm³/mol. The Balaban J connectivity index is 2.24. The highest BCUT2D eigenvalue weighted by atomic mass is 35.5. The SMILES string of the molecule is O=C(O)C(F)(F)C/C(=N\O)c1ccc(-c2ccc(Cl)cc2)cc1. The normalized spacial score (nSPS) is 12.2. The average molecular weight is 340 g/mol. The van der Waals surface area contributed by atoms with Crippen LogP contribution in [0, 0.1) is 0 Å². The molecule has 2 aromatic rings. The van der Waals surface area contributed by atoms with Gasteiger partial charge in [-0.1, -0.05) is 53.2 Å². The summed E-state index contributed by atoms with van der Waals surface area (Å²) in [6, 6.07) is 13.3. The number of alkyl halides is 2. The van der Waals surface area contributed by atoms with Gasteiger partial charge in [-0.3, -0.25) is 0 Å². The number of nitrogens with zero attached hydrogens (tertiary/aromatic N) is 1. The van der Waals surface area contributed by atoms with Crippen molar-refractivity contribution < 1.29 is 23.9 Å². The number of aliphatic carboxylic acids is 1. The van der Waals surface area contributed by atoms with Crippen LogP contribution in [0.1, 0.15) is 12.0 Å². The van der Waals surface area contributed by atoms with Crippen molar-refractivity contribution in [2.45, 2.75) is 12.3 Å². The second kappa shape index (κ2) is 6.75. The van der Waals surface area contributed by atoms with Gasteiger partial charge in [0.25, 0.3) is 0 Å². The molecule has 0 amide bonds. The molecule has 0 aliphatic rings. The van der Waals surface area contributed by atoms with Crippen LogP contribution in [-0.2, 0) is 4.79 Å². The first-order chi connectivity index (χ1) is 10.8. The molecular formula is C16H12ClF2NO3. The molecule has 0 atom stereocenters. The van der Waals surface area contributed by atoms with Crippen molar-refractivity contribution in [1.82, 2.24) is 0 Å². The molecule has 2 rings (SSSR count). The standard InChI is InChI=1S/C16H12ClF2NO3/c17-13-7-5-11(6-8-13)10-1-3-12(4-2-10)14(20-23)9-16(18,19)15(21)22/h1-8,23H,9H2,(H,21,22)/b20-14+. The summed E-state index contributed by atoms with van der Waals surface area (Å²) in [6.45, 7) is 0. The number of rotatable bonds is 5. The number of oxime groups is 1. The molecule has 0 bridgehead atoms. The molecule has 0 heterocycles. The van der Waals surface area contributed by atoms with E-state index < -0.39 is 24.0 Å². The quantitative estimate of drug-likeness (QED) is 0.485. The van der Waals surface area contributed by atoms with Gasteiger partial charge in [0.2, 0.25) is 0 Å². The van der Waals surface area contributed by atoms with Crippen molar-refractivity contribution in [2.24, 2.45) is 5.16 Å². The van der Waals surface area contributed by atoms with Crippen LogP contribution in [0.2, 0.25) is 5.02 Å². The van der Waals surface area contributed by atoms with Crippen molar-refractivity contribution >= 4 is 23.3 Å². The number of carboxylic acid groups (broad SMARTS) is 1. The Hall–Kier alpha value is -2.47. The summed E-state index contributed by atoms with van der Waals surface area (Å²) in [5, 5.41) is 20.7. The largest absolute Gasteiger partial charge is 0.477 e. The van der Waals surface area contributed by atoms with Crippen LogP contribution in [0.4, 0.5) is 8.78 Å². The first-order valence-corrected chi connectivity index (χ1v) is 6.90. The van der Waals surface area contributed by atoms with Crippen LogP contribution in [-0.4, -0.2) is 27.9 Å². The second-order valence-corrected chi connectivity index (χ2v) is 5.25. The molecule has 0 aromatic heterocycles. The van der Waals surface area contributed by atoms with Crippen LogP contribution < -0.4 is 0 Å². The molecule has 0 aliphatic carbocycles. The maximum atomic E-state index is 13.2. The van der Waals surface area contributed by atoms with Gasteiger partial charge < -0.3 is 10.3 Å². The summed E-state index contributed by atoms with van der Waals surface area (Å²) in [7, 11) is 0. The molecule has 120 valence electrons. The van der Waals surface area contributed by atoms with E-state index >= 15 is 0 Å². The fourth-order valence-electron chi connectivity index (χ4n) is 1.98. The second-order valence-electron chi connectivity index (χ2n) is 4.82. The van der Waals surface area contributed by atoms with Gasteiger partial charge in [-0.25, -0.2) is 4.79 Å². The lowest BCUT2D eigenvalue weighted by Crippen LogP contribution is -2.31. The minimum Gasteiger partial charge on any atom is -0.477 e. The Morgan fingerprint density at radius 3 is 1.96 bits per heavy atom. The fraction of sp³-hybridized carbons (Fsp3) is 0.125. The Bertz CT molecular complexity index is 728. The van der Waals surface area contributed by atoms with Gasteiger partial charge >= 0.3 is 11.9 Å². The van der Waals surface area contributed by atoms with Crippen molar-refractivity contribution in [3.8, 4) is 11.1 Å². The van der Waals surface area contributed by atoms with Crippen LogP contribution in [0.25, 0.3) is 11.1 Å². The van der Waals surface area contributed by atoms with E-state index in [1.54, 1.807) is 36.4 Å². The number of carbonyl (C=O) groups is 1. The first kappa shape index (κ1) is 16.9. The minimum atomic E-state index is -4.00. The third kappa shape index (κ3) is 4.04. The van der Waals surface area contributed by atoms with Crippen molar-refractivity contribution in [3.05, 3.63) is 59.1 Å².